The Morgan fingerprint density at radius 2 is 2.18 bits per heavy atom. The number of amides is 1. The van der Waals surface area contributed by atoms with Crippen LogP contribution in [-0.2, 0) is 4.79 Å². The molecule has 2 rings (SSSR count). The summed E-state index contributed by atoms with van der Waals surface area (Å²) in [6.45, 7) is 3.13. The third-order valence-electron chi connectivity index (χ3n) is 2.65. The van der Waals surface area contributed by atoms with Gasteiger partial charge in [-0.25, -0.2) is 0 Å². The molecule has 92 valence electrons. The molecule has 17 heavy (non-hydrogen) atoms. The number of benzene rings is 1. The SMILES string of the molecule is O=C(COc1cccc(O)c1)N1CCNCC1. The van der Waals surface area contributed by atoms with E-state index in [2.05, 4.69) is 5.32 Å². The van der Waals surface area contributed by atoms with Gasteiger partial charge in [-0.2, -0.15) is 0 Å². The second-order valence-electron chi connectivity index (χ2n) is 3.92. The molecule has 1 fully saturated rings. The lowest BCUT2D eigenvalue weighted by Gasteiger charge is -2.27. The van der Waals surface area contributed by atoms with Gasteiger partial charge in [-0.1, -0.05) is 6.07 Å². The summed E-state index contributed by atoms with van der Waals surface area (Å²) >= 11 is 0. The number of phenols is 1. The number of hydrogen-bond donors (Lipinski definition) is 2. The standard InChI is InChI=1S/C12H16N2O3/c15-10-2-1-3-11(8-10)17-9-12(16)14-6-4-13-5-7-14/h1-3,8,13,15H,4-7,9H2. The minimum absolute atomic E-state index is 0.0173. The number of piperazine rings is 1. The van der Waals surface area contributed by atoms with Crippen molar-refractivity contribution in [3.63, 3.8) is 0 Å². The van der Waals surface area contributed by atoms with E-state index in [1.54, 1.807) is 23.1 Å². The fourth-order valence-electron chi connectivity index (χ4n) is 1.72. The molecule has 0 unspecified atom stereocenters. The van der Waals surface area contributed by atoms with E-state index in [1.165, 1.54) is 6.07 Å². The first-order valence-corrected chi connectivity index (χ1v) is 5.66. The molecule has 1 amide bonds. The van der Waals surface area contributed by atoms with Gasteiger partial charge in [-0.15, -0.1) is 0 Å². The van der Waals surface area contributed by atoms with Crippen molar-refractivity contribution in [3.8, 4) is 11.5 Å². The molecule has 1 aromatic rings. The van der Waals surface area contributed by atoms with E-state index < -0.39 is 0 Å². The van der Waals surface area contributed by atoms with Gasteiger partial charge in [-0.3, -0.25) is 4.79 Å². The first-order valence-electron chi connectivity index (χ1n) is 5.66. The van der Waals surface area contributed by atoms with Crippen LogP contribution in [0.25, 0.3) is 0 Å². The highest BCUT2D eigenvalue weighted by molar-refractivity contribution is 5.77. The Hall–Kier alpha value is -1.75. The molecule has 5 nitrogen and oxygen atoms in total. The van der Waals surface area contributed by atoms with Gasteiger partial charge in [0.15, 0.2) is 6.61 Å². The fourth-order valence-corrected chi connectivity index (χ4v) is 1.72. The third-order valence-corrected chi connectivity index (χ3v) is 2.65. The zero-order chi connectivity index (χ0) is 12.1. The highest BCUT2D eigenvalue weighted by Gasteiger charge is 2.16. The van der Waals surface area contributed by atoms with Crippen molar-refractivity contribution >= 4 is 5.91 Å². The number of rotatable bonds is 3. The number of carbonyl (C=O) groups excluding carboxylic acids is 1. The van der Waals surface area contributed by atoms with Crippen LogP contribution in [0.15, 0.2) is 24.3 Å². The monoisotopic (exact) mass is 236 g/mol. The van der Waals surface area contributed by atoms with Gasteiger partial charge in [0.2, 0.25) is 0 Å². The predicted molar refractivity (Wildman–Crippen MR) is 63.1 cm³/mol. The van der Waals surface area contributed by atoms with Crippen molar-refractivity contribution in [2.24, 2.45) is 0 Å². The number of aromatic hydroxyl groups is 1. The Labute approximate surface area is 100.0 Å². The summed E-state index contributed by atoms with van der Waals surface area (Å²) < 4.78 is 5.33. The Morgan fingerprint density at radius 3 is 2.88 bits per heavy atom. The summed E-state index contributed by atoms with van der Waals surface area (Å²) in [6.07, 6.45) is 0. The lowest BCUT2D eigenvalue weighted by Crippen LogP contribution is -2.47. The zero-order valence-corrected chi connectivity index (χ0v) is 9.56. The van der Waals surface area contributed by atoms with Crippen molar-refractivity contribution in [3.05, 3.63) is 24.3 Å². The maximum Gasteiger partial charge on any atom is 0.260 e. The van der Waals surface area contributed by atoms with Crippen LogP contribution in [-0.4, -0.2) is 48.7 Å². The first kappa shape index (κ1) is 11.7. The van der Waals surface area contributed by atoms with E-state index in [-0.39, 0.29) is 18.3 Å². The molecule has 0 atom stereocenters. The topological polar surface area (TPSA) is 61.8 Å². The Bertz CT molecular complexity index is 389. The molecule has 1 aromatic carbocycles. The number of phenolic OH excluding ortho intramolecular Hbond substituents is 1. The molecular formula is C12H16N2O3. The van der Waals surface area contributed by atoms with Gasteiger partial charge >= 0.3 is 0 Å². The molecule has 0 radical (unpaired) electrons. The lowest BCUT2D eigenvalue weighted by molar-refractivity contribution is -0.133. The average Bonchev–Trinajstić information content (AvgIpc) is 2.37. The van der Waals surface area contributed by atoms with Crippen molar-refractivity contribution in [2.45, 2.75) is 0 Å². The van der Waals surface area contributed by atoms with Gasteiger partial charge in [-0.05, 0) is 12.1 Å². The Kier molecular flexibility index (Phi) is 3.82. The number of ether oxygens (including phenoxy) is 1. The van der Waals surface area contributed by atoms with Crippen LogP contribution >= 0.6 is 0 Å². The molecule has 1 heterocycles. The number of nitrogens with one attached hydrogen (secondary N) is 1. The average molecular weight is 236 g/mol. The van der Waals surface area contributed by atoms with Gasteiger partial charge < -0.3 is 20.1 Å². The summed E-state index contributed by atoms with van der Waals surface area (Å²) in [7, 11) is 0. The maximum atomic E-state index is 11.8. The summed E-state index contributed by atoms with van der Waals surface area (Å²) in [6, 6.07) is 6.45. The minimum Gasteiger partial charge on any atom is -0.508 e. The lowest BCUT2D eigenvalue weighted by atomic mass is 10.3. The molecular weight excluding hydrogens is 220 g/mol. The zero-order valence-electron chi connectivity index (χ0n) is 9.56. The summed E-state index contributed by atoms with van der Waals surface area (Å²) in [5.74, 6) is 0.625. The molecule has 0 spiro atoms. The van der Waals surface area contributed by atoms with Crippen molar-refractivity contribution in [1.82, 2.24) is 10.2 Å². The molecule has 0 saturated carbocycles. The van der Waals surface area contributed by atoms with Crippen LogP contribution in [0.1, 0.15) is 0 Å². The number of carbonyl (C=O) groups is 1. The largest absolute Gasteiger partial charge is 0.508 e. The normalized spacial score (nSPS) is 15.6. The molecule has 1 aliphatic rings. The summed E-state index contributed by atoms with van der Waals surface area (Å²) in [5.41, 5.74) is 0. The van der Waals surface area contributed by atoms with Crippen LogP contribution in [0.5, 0.6) is 11.5 Å². The Balaban J connectivity index is 1.83. The third kappa shape index (κ3) is 3.35. The molecule has 1 aliphatic heterocycles. The first-order chi connectivity index (χ1) is 8.25. The molecule has 0 aromatic heterocycles. The second-order valence-corrected chi connectivity index (χ2v) is 3.92. The van der Waals surface area contributed by atoms with Gasteiger partial charge in [0, 0.05) is 32.2 Å². The quantitative estimate of drug-likeness (QED) is 0.787. The van der Waals surface area contributed by atoms with E-state index >= 15 is 0 Å². The van der Waals surface area contributed by atoms with E-state index in [1.807, 2.05) is 0 Å². The predicted octanol–water partition coefficient (Wildman–Crippen LogP) is 0.203. The van der Waals surface area contributed by atoms with Crippen molar-refractivity contribution in [1.29, 1.82) is 0 Å². The molecule has 5 heteroatoms. The highest BCUT2D eigenvalue weighted by atomic mass is 16.5. The fraction of sp³-hybridized carbons (Fsp3) is 0.417. The van der Waals surface area contributed by atoms with Crippen LogP contribution in [0, 0.1) is 0 Å². The molecule has 0 bridgehead atoms. The number of nitrogens with zero attached hydrogens (tertiary/aromatic N) is 1. The van der Waals surface area contributed by atoms with Crippen LogP contribution < -0.4 is 10.1 Å². The highest BCUT2D eigenvalue weighted by Crippen LogP contribution is 2.17. The minimum atomic E-state index is -0.0187. The van der Waals surface area contributed by atoms with Crippen LogP contribution in [0.4, 0.5) is 0 Å². The van der Waals surface area contributed by atoms with E-state index in [0.29, 0.717) is 5.75 Å². The van der Waals surface area contributed by atoms with E-state index in [9.17, 15) is 9.90 Å². The van der Waals surface area contributed by atoms with Crippen molar-refractivity contribution in [2.75, 3.05) is 32.8 Å². The number of hydrogen-bond acceptors (Lipinski definition) is 4. The Morgan fingerprint density at radius 1 is 1.41 bits per heavy atom. The van der Waals surface area contributed by atoms with E-state index in [4.69, 9.17) is 4.74 Å². The molecule has 0 aliphatic carbocycles. The van der Waals surface area contributed by atoms with Gasteiger partial charge in [0.05, 0.1) is 0 Å². The van der Waals surface area contributed by atoms with Crippen molar-refractivity contribution < 1.29 is 14.6 Å². The molecule has 1 saturated heterocycles. The maximum absolute atomic E-state index is 11.8. The summed E-state index contributed by atoms with van der Waals surface area (Å²) in [4.78, 5) is 13.5. The van der Waals surface area contributed by atoms with Gasteiger partial charge in [0.1, 0.15) is 11.5 Å². The summed E-state index contributed by atoms with van der Waals surface area (Å²) in [5, 5.41) is 12.4. The van der Waals surface area contributed by atoms with Crippen LogP contribution in [0.2, 0.25) is 0 Å². The van der Waals surface area contributed by atoms with E-state index in [0.717, 1.165) is 26.2 Å². The van der Waals surface area contributed by atoms with Crippen LogP contribution in [0.3, 0.4) is 0 Å². The smallest absolute Gasteiger partial charge is 0.260 e. The molecule has 2 N–H and O–H groups in total. The second kappa shape index (κ2) is 5.54. The van der Waals surface area contributed by atoms with Gasteiger partial charge in [0.25, 0.3) is 5.91 Å².